The van der Waals surface area contributed by atoms with Gasteiger partial charge in [0, 0.05) is 3.92 Å². The molecule has 0 aromatic rings. The van der Waals surface area contributed by atoms with Crippen LogP contribution in [0.15, 0.2) is 24.3 Å². The summed E-state index contributed by atoms with van der Waals surface area (Å²) in [7, 11) is 0. The number of alkyl halides is 1. The van der Waals surface area contributed by atoms with E-state index in [4.69, 9.17) is 0 Å². The molecule has 0 bridgehead atoms. The second kappa shape index (κ2) is 4.63. The lowest BCUT2D eigenvalue weighted by atomic mass is 9.78. The third kappa shape index (κ3) is 2.36. The standard InChI is InChI=1S/C12H17I/c13-12-9-5-4-8-11(12)10-6-2-1-3-7-10/h1-2,4,8,10-12H,3,5-7,9H2. The Morgan fingerprint density at radius 2 is 1.85 bits per heavy atom. The summed E-state index contributed by atoms with van der Waals surface area (Å²) in [4.78, 5) is 0. The van der Waals surface area contributed by atoms with E-state index < -0.39 is 0 Å². The molecule has 0 saturated heterocycles. The maximum Gasteiger partial charge on any atom is 0.0178 e. The molecule has 0 radical (unpaired) electrons. The quantitative estimate of drug-likeness (QED) is 0.387. The second-order valence-corrected chi connectivity index (χ2v) is 5.74. The zero-order chi connectivity index (χ0) is 9.10. The van der Waals surface area contributed by atoms with Crippen molar-refractivity contribution in [2.75, 3.05) is 0 Å². The van der Waals surface area contributed by atoms with Gasteiger partial charge in [-0.2, -0.15) is 0 Å². The van der Waals surface area contributed by atoms with Crippen LogP contribution in [0.1, 0.15) is 32.1 Å². The Bertz CT molecular complexity index is 217. The van der Waals surface area contributed by atoms with Crippen LogP contribution in [0.5, 0.6) is 0 Å². The van der Waals surface area contributed by atoms with Gasteiger partial charge in [0.1, 0.15) is 0 Å². The van der Waals surface area contributed by atoms with Gasteiger partial charge in [0.2, 0.25) is 0 Å². The van der Waals surface area contributed by atoms with Gasteiger partial charge in [-0.25, -0.2) is 0 Å². The van der Waals surface area contributed by atoms with Crippen molar-refractivity contribution >= 4 is 22.6 Å². The van der Waals surface area contributed by atoms with Crippen molar-refractivity contribution in [2.24, 2.45) is 11.8 Å². The summed E-state index contributed by atoms with van der Waals surface area (Å²) >= 11 is 2.65. The molecule has 0 N–H and O–H groups in total. The first-order valence-corrected chi connectivity index (χ1v) is 6.58. The molecular weight excluding hydrogens is 271 g/mol. The van der Waals surface area contributed by atoms with E-state index in [0.717, 1.165) is 15.8 Å². The van der Waals surface area contributed by atoms with Crippen molar-refractivity contribution in [3.8, 4) is 0 Å². The third-order valence-electron chi connectivity index (χ3n) is 3.24. The molecule has 0 fully saturated rings. The summed E-state index contributed by atoms with van der Waals surface area (Å²) in [5, 5.41) is 0. The SMILES string of the molecule is IC1CCC=CC1C1CC=CCC1. The van der Waals surface area contributed by atoms with Gasteiger partial charge in [0.25, 0.3) is 0 Å². The molecule has 2 rings (SSSR count). The van der Waals surface area contributed by atoms with E-state index in [1.165, 1.54) is 32.1 Å². The largest absolute Gasteiger partial charge is 0.0885 e. The lowest BCUT2D eigenvalue weighted by Gasteiger charge is -2.31. The lowest BCUT2D eigenvalue weighted by molar-refractivity contribution is 0.348. The highest BCUT2D eigenvalue weighted by Gasteiger charge is 2.26. The minimum absolute atomic E-state index is 0.860. The summed E-state index contributed by atoms with van der Waals surface area (Å²) in [6, 6.07) is 0. The van der Waals surface area contributed by atoms with E-state index in [0.29, 0.717) is 0 Å². The van der Waals surface area contributed by atoms with Crippen LogP contribution in [0, 0.1) is 11.8 Å². The molecular formula is C12H17I. The fourth-order valence-electron chi connectivity index (χ4n) is 2.44. The maximum absolute atomic E-state index is 2.65. The van der Waals surface area contributed by atoms with Crippen LogP contribution in [0.3, 0.4) is 0 Å². The molecule has 2 aliphatic carbocycles. The van der Waals surface area contributed by atoms with Gasteiger partial charge in [0.05, 0.1) is 0 Å². The van der Waals surface area contributed by atoms with Crippen LogP contribution < -0.4 is 0 Å². The van der Waals surface area contributed by atoms with E-state index in [1.807, 2.05) is 0 Å². The van der Waals surface area contributed by atoms with E-state index in [1.54, 1.807) is 0 Å². The first-order valence-electron chi connectivity index (χ1n) is 5.33. The fourth-order valence-corrected chi connectivity index (χ4v) is 3.63. The van der Waals surface area contributed by atoms with Crippen LogP contribution >= 0.6 is 22.6 Å². The summed E-state index contributed by atoms with van der Waals surface area (Å²) < 4.78 is 0.888. The minimum Gasteiger partial charge on any atom is -0.0885 e. The highest BCUT2D eigenvalue weighted by molar-refractivity contribution is 14.1. The monoisotopic (exact) mass is 288 g/mol. The van der Waals surface area contributed by atoms with Crippen molar-refractivity contribution < 1.29 is 0 Å². The Morgan fingerprint density at radius 3 is 2.54 bits per heavy atom. The molecule has 13 heavy (non-hydrogen) atoms. The van der Waals surface area contributed by atoms with Crippen LogP contribution in [-0.4, -0.2) is 3.92 Å². The van der Waals surface area contributed by atoms with Gasteiger partial charge in [-0.15, -0.1) is 0 Å². The predicted molar refractivity (Wildman–Crippen MR) is 66.2 cm³/mol. The number of halogens is 1. The normalized spacial score (nSPS) is 39.3. The van der Waals surface area contributed by atoms with Crippen molar-refractivity contribution in [3.63, 3.8) is 0 Å². The summed E-state index contributed by atoms with van der Waals surface area (Å²) in [5.41, 5.74) is 0. The smallest absolute Gasteiger partial charge is 0.0178 e. The molecule has 3 atom stereocenters. The zero-order valence-electron chi connectivity index (χ0n) is 7.95. The maximum atomic E-state index is 2.65. The number of allylic oxidation sites excluding steroid dienone is 4. The fraction of sp³-hybridized carbons (Fsp3) is 0.667. The van der Waals surface area contributed by atoms with Gasteiger partial charge in [0.15, 0.2) is 0 Å². The average molecular weight is 288 g/mol. The van der Waals surface area contributed by atoms with Crippen LogP contribution in [0.2, 0.25) is 0 Å². The zero-order valence-corrected chi connectivity index (χ0v) is 10.1. The van der Waals surface area contributed by atoms with E-state index in [2.05, 4.69) is 46.9 Å². The first-order chi connectivity index (χ1) is 6.38. The van der Waals surface area contributed by atoms with Crippen LogP contribution in [-0.2, 0) is 0 Å². The minimum atomic E-state index is 0.860. The Labute approximate surface area is 94.6 Å². The van der Waals surface area contributed by atoms with E-state index in [9.17, 15) is 0 Å². The Kier molecular flexibility index (Phi) is 3.47. The first kappa shape index (κ1) is 9.75. The topological polar surface area (TPSA) is 0 Å². The van der Waals surface area contributed by atoms with Crippen LogP contribution in [0.25, 0.3) is 0 Å². The molecule has 3 unspecified atom stereocenters. The molecule has 0 aromatic carbocycles. The van der Waals surface area contributed by atoms with Gasteiger partial charge in [-0.3, -0.25) is 0 Å². The molecule has 2 aliphatic rings. The number of hydrogen-bond donors (Lipinski definition) is 0. The van der Waals surface area contributed by atoms with Gasteiger partial charge in [-0.1, -0.05) is 46.9 Å². The Balaban J connectivity index is 2.01. The third-order valence-corrected chi connectivity index (χ3v) is 4.69. The average Bonchev–Trinajstić information content (AvgIpc) is 2.20. The van der Waals surface area contributed by atoms with Crippen molar-refractivity contribution in [1.82, 2.24) is 0 Å². The number of rotatable bonds is 1. The number of hydrogen-bond acceptors (Lipinski definition) is 0. The summed E-state index contributed by atoms with van der Waals surface area (Å²) in [6.45, 7) is 0. The van der Waals surface area contributed by atoms with Crippen LogP contribution in [0.4, 0.5) is 0 Å². The van der Waals surface area contributed by atoms with Gasteiger partial charge in [-0.05, 0) is 43.9 Å². The molecule has 1 heteroatoms. The van der Waals surface area contributed by atoms with Gasteiger partial charge < -0.3 is 0 Å². The van der Waals surface area contributed by atoms with E-state index >= 15 is 0 Å². The second-order valence-electron chi connectivity index (χ2n) is 4.14. The molecule has 72 valence electrons. The predicted octanol–water partition coefficient (Wildman–Crippen LogP) is 4.11. The molecule has 0 nitrogen and oxygen atoms in total. The van der Waals surface area contributed by atoms with Crippen molar-refractivity contribution in [3.05, 3.63) is 24.3 Å². The Hall–Kier alpha value is 0.210. The molecule has 0 saturated carbocycles. The molecule has 0 spiro atoms. The highest BCUT2D eigenvalue weighted by atomic mass is 127. The lowest BCUT2D eigenvalue weighted by Crippen LogP contribution is -2.24. The van der Waals surface area contributed by atoms with Crippen molar-refractivity contribution in [2.45, 2.75) is 36.0 Å². The summed E-state index contributed by atoms with van der Waals surface area (Å²) in [6.07, 6.45) is 16.3. The van der Waals surface area contributed by atoms with Gasteiger partial charge >= 0.3 is 0 Å². The summed E-state index contributed by atoms with van der Waals surface area (Å²) in [5.74, 6) is 1.79. The molecule has 0 aliphatic heterocycles. The molecule has 0 amide bonds. The van der Waals surface area contributed by atoms with E-state index in [-0.39, 0.29) is 0 Å². The van der Waals surface area contributed by atoms with Crippen molar-refractivity contribution in [1.29, 1.82) is 0 Å². The Morgan fingerprint density at radius 1 is 1.00 bits per heavy atom. The molecule has 0 heterocycles. The molecule has 0 aromatic heterocycles. The highest BCUT2D eigenvalue weighted by Crippen LogP contribution is 2.36.